The van der Waals surface area contributed by atoms with Gasteiger partial charge in [0.15, 0.2) is 0 Å². The lowest BCUT2D eigenvalue weighted by atomic mass is 10.3. The van der Waals surface area contributed by atoms with Gasteiger partial charge in [-0.1, -0.05) is 38.8 Å². The summed E-state index contributed by atoms with van der Waals surface area (Å²) in [5.74, 6) is -0.769. The van der Waals surface area contributed by atoms with E-state index < -0.39 is 15.8 Å². The minimum Gasteiger partial charge on any atom is -0.210 e. The average Bonchev–Trinajstić information content (AvgIpc) is 2.25. The number of rotatable bonds is 5. The molecular weight excluding hydrogens is 377 g/mol. The molecule has 0 amide bonds. The molecule has 0 bridgehead atoms. The molecule has 0 aliphatic heterocycles. The molecule has 17 heavy (non-hydrogen) atoms. The lowest BCUT2D eigenvalue weighted by Crippen LogP contribution is -2.30. The molecule has 0 radical (unpaired) electrons. The molecule has 1 unspecified atom stereocenters. The molecular formula is C10H12Br2FNO2S. The van der Waals surface area contributed by atoms with E-state index in [0.717, 1.165) is 12.5 Å². The number of benzene rings is 1. The van der Waals surface area contributed by atoms with Crippen molar-refractivity contribution in [1.29, 1.82) is 0 Å². The van der Waals surface area contributed by atoms with Gasteiger partial charge in [0, 0.05) is 15.8 Å². The molecule has 3 nitrogen and oxygen atoms in total. The first-order valence-corrected chi connectivity index (χ1v) is 8.14. The molecule has 0 saturated carbocycles. The molecule has 7 heteroatoms. The van der Waals surface area contributed by atoms with Crippen LogP contribution in [0.25, 0.3) is 0 Å². The second kappa shape index (κ2) is 6.26. The zero-order valence-electron chi connectivity index (χ0n) is 9.08. The van der Waals surface area contributed by atoms with Crippen molar-refractivity contribution in [2.75, 3.05) is 6.54 Å². The van der Waals surface area contributed by atoms with Gasteiger partial charge in [0.05, 0.1) is 0 Å². The molecule has 0 aliphatic carbocycles. The molecule has 0 spiro atoms. The zero-order valence-corrected chi connectivity index (χ0v) is 13.1. The van der Waals surface area contributed by atoms with Gasteiger partial charge in [-0.05, 0) is 24.6 Å². The SMILES string of the molecule is CCC(Br)CNS(=O)(=O)c1ccc(Br)cc1F. The van der Waals surface area contributed by atoms with Gasteiger partial charge in [0.1, 0.15) is 10.7 Å². The van der Waals surface area contributed by atoms with Gasteiger partial charge in [-0.25, -0.2) is 17.5 Å². The van der Waals surface area contributed by atoms with Crippen molar-refractivity contribution in [2.24, 2.45) is 0 Å². The number of hydrogen-bond acceptors (Lipinski definition) is 2. The van der Waals surface area contributed by atoms with E-state index in [1.54, 1.807) is 0 Å². The van der Waals surface area contributed by atoms with Gasteiger partial charge >= 0.3 is 0 Å². The fourth-order valence-corrected chi connectivity index (χ4v) is 2.96. The Morgan fingerprint density at radius 3 is 2.65 bits per heavy atom. The van der Waals surface area contributed by atoms with E-state index in [-0.39, 0.29) is 16.3 Å². The number of nitrogens with one attached hydrogen (secondary N) is 1. The standard InChI is InChI=1S/C10H12Br2FNO2S/c1-2-7(11)6-14-17(15,16)10-4-3-8(12)5-9(10)13/h3-5,7,14H,2,6H2,1H3. The summed E-state index contributed by atoms with van der Waals surface area (Å²) in [6, 6.07) is 3.85. The Morgan fingerprint density at radius 2 is 2.12 bits per heavy atom. The largest absolute Gasteiger partial charge is 0.243 e. The fourth-order valence-electron chi connectivity index (χ4n) is 1.12. The smallest absolute Gasteiger partial charge is 0.210 e. The third kappa shape index (κ3) is 4.31. The summed E-state index contributed by atoms with van der Waals surface area (Å²) in [5.41, 5.74) is 0. The summed E-state index contributed by atoms with van der Waals surface area (Å²) in [7, 11) is -3.79. The Bertz CT molecular complexity index is 493. The van der Waals surface area contributed by atoms with Crippen LogP contribution in [-0.4, -0.2) is 19.8 Å². The monoisotopic (exact) mass is 387 g/mol. The molecule has 0 aliphatic rings. The van der Waals surface area contributed by atoms with Crippen molar-refractivity contribution in [2.45, 2.75) is 23.1 Å². The molecule has 96 valence electrons. The average molecular weight is 389 g/mol. The van der Waals surface area contributed by atoms with Gasteiger partial charge < -0.3 is 0 Å². The van der Waals surface area contributed by atoms with Crippen LogP contribution in [-0.2, 0) is 10.0 Å². The van der Waals surface area contributed by atoms with Crippen LogP contribution in [0, 0.1) is 5.82 Å². The van der Waals surface area contributed by atoms with Crippen molar-refractivity contribution in [3.05, 3.63) is 28.5 Å². The number of halogens is 3. The lowest BCUT2D eigenvalue weighted by molar-refractivity contribution is 0.555. The predicted molar refractivity (Wildman–Crippen MR) is 72.3 cm³/mol. The molecule has 1 aromatic rings. The first-order chi connectivity index (χ1) is 7.86. The van der Waals surface area contributed by atoms with Crippen molar-refractivity contribution < 1.29 is 12.8 Å². The van der Waals surface area contributed by atoms with Crippen LogP contribution in [0.1, 0.15) is 13.3 Å². The summed E-state index contributed by atoms with van der Waals surface area (Å²) in [6.45, 7) is 2.16. The zero-order chi connectivity index (χ0) is 13.1. The highest BCUT2D eigenvalue weighted by atomic mass is 79.9. The lowest BCUT2D eigenvalue weighted by Gasteiger charge is -2.10. The Kier molecular flexibility index (Phi) is 5.56. The number of hydrogen-bond donors (Lipinski definition) is 1. The Balaban J connectivity index is 2.90. The Labute approximate surface area is 117 Å². The summed E-state index contributed by atoms with van der Waals surface area (Å²) >= 11 is 6.38. The molecule has 1 rings (SSSR count). The van der Waals surface area contributed by atoms with Crippen LogP contribution in [0.5, 0.6) is 0 Å². The van der Waals surface area contributed by atoms with Gasteiger partial charge in [0.25, 0.3) is 0 Å². The second-order valence-electron chi connectivity index (χ2n) is 3.43. The van der Waals surface area contributed by atoms with E-state index >= 15 is 0 Å². The Hall–Kier alpha value is 0.0200. The minimum absolute atomic E-state index is 0.0378. The Morgan fingerprint density at radius 1 is 1.47 bits per heavy atom. The quantitative estimate of drug-likeness (QED) is 0.788. The molecule has 0 saturated heterocycles. The molecule has 1 N–H and O–H groups in total. The van der Waals surface area contributed by atoms with Gasteiger partial charge in [-0.3, -0.25) is 0 Å². The van der Waals surface area contributed by atoms with Crippen molar-refractivity contribution in [3.8, 4) is 0 Å². The molecule has 1 aromatic carbocycles. The maximum atomic E-state index is 13.5. The van der Waals surface area contributed by atoms with E-state index in [2.05, 4.69) is 36.6 Å². The summed E-state index contributed by atoms with van der Waals surface area (Å²) in [5, 5.41) is 0. The van der Waals surface area contributed by atoms with Crippen molar-refractivity contribution in [1.82, 2.24) is 4.72 Å². The van der Waals surface area contributed by atoms with Crippen molar-refractivity contribution in [3.63, 3.8) is 0 Å². The predicted octanol–water partition coefficient (Wildman–Crippen LogP) is 3.04. The molecule has 0 fully saturated rings. The van der Waals surface area contributed by atoms with Gasteiger partial charge in [-0.15, -0.1) is 0 Å². The van der Waals surface area contributed by atoms with E-state index in [9.17, 15) is 12.8 Å². The fraction of sp³-hybridized carbons (Fsp3) is 0.400. The highest BCUT2D eigenvalue weighted by molar-refractivity contribution is 9.10. The van der Waals surface area contributed by atoms with Crippen LogP contribution in [0.3, 0.4) is 0 Å². The summed E-state index contributed by atoms with van der Waals surface area (Å²) in [6.07, 6.45) is 0.783. The maximum absolute atomic E-state index is 13.5. The third-order valence-electron chi connectivity index (χ3n) is 2.12. The van der Waals surface area contributed by atoms with E-state index in [0.29, 0.717) is 4.47 Å². The van der Waals surface area contributed by atoms with Crippen LogP contribution in [0.15, 0.2) is 27.6 Å². The van der Waals surface area contributed by atoms with E-state index in [1.165, 1.54) is 12.1 Å². The third-order valence-corrected chi connectivity index (χ3v) is 5.04. The van der Waals surface area contributed by atoms with Crippen LogP contribution < -0.4 is 4.72 Å². The highest BCUT2D eigenvalue weighted by Gasteiger charge is 2.19. The molecule has 1 atom stereocenters. The summed E-state index contributed by atoms with van der Waals surface area (Å²) < 4.78 is 39.9. The maximum Gasteiger partial charge on any atom is 0.243 e. The summed E-state index contributed by atoms with van der Waals surface area (Å²) in [4.78, 5) is -0.299. The van der Waals surface area contributed by atoms with Gasteiger partial charge in [-0.2, -0.15) is 0 Å². The van der Waals surface area contributed by atoms with Crippen LogP contribution >= 0.6 is 31.9 Å². The van der Waals surface area contributed by atoms with Crippen LogP contribution in [0.4, 0.5) is 4.39 Å². The first kappa shape index (κ1) is 15.1. The number of sulfonamides is 1. The topological polar surface area (TPSA) is 46.2 Å². The van der Waals surface area contributed by atoms with Crippen molar-refractivity contribution >= 4 is 41.9 Å². The first-order valence-electron chi connectivity index (χ1n) is 4.95. The normalized spacial score (nSPS) is 13.6. The highest BCUT2D eigenvalue weighted by Crippen LogP contribution is 2.19. The van der Waals surface area contributed by atoms with E-state index in [1.807, 2.05) is 6.92 Å². The molecule has 0 aromatic heterocycles. The van der Waals surface area contributed by atoms with Gasteiger partial charge in [0.2, 0.25) is 10.0 Å². The van der Waals surface area contributed by atoms with E-state index in [4.69, 9.17) is 0 Å². The van der Waals surface area contributed by atoms with Crippen LogP contribution in [0.2, 0.25) is 0 Å². The minimum atomic E-state index is -3.79. The number of alkyl halides is 1. The molecule has 0 heterocycles. The second-order valence-corrected chi connectivity index (χ2v) is 7.38.